The molecule has 0 aliphatic rings. The second-order valence-electron chi connectivity index (χ2n) is 4.15. The monoisotopic (exact) mass is 324 g/mol. The third kappa shape index (κ3) is 6.76. The first-order valence-electron chi connectivity index (χ1n) is 6.42. The third-order valence-corrected chi connectivity index (χ3v) is 3.42. The van der Waals surface area contributed by atoms with Gasteiger partial charge in [0.05, 0.1) is 5.01 Å². The quantitative estimate of drug-likeness (QED) is 0.457. The van der Waals surface area contributed by atoms with E-state index < -0.39 is 11.9 Å². The number of hydrogen-bond donors (Lipinski definition) is 2. The Morgan fingerprint density at radius 1 is 1.38 bits per heavy atom. The maximum absolute atomic E-state index is 12.4. The van der Waals surface area contributed by atoms with Gasteiger partial charge in [-0.25, -0.2) is 4.98 Å². The van der Waals surface area contributed by atoms with Crippen LogP contribution in [0.5, 0.6) is 0 Å². The number of rotatable bonds is 7. The number of ether oxygens (including phenoxy) is 1. The lowest BCUT2D eigenvalue weighted by atomic mass is 10.4. The molecular weight excluding hydrogens is 305 g/mol. The van der Waals surface area contributed by atoms with Crippen molar-refractivity contribution in [3.05, 3.63) is 16.1 Å². The van der Waals surface area contributed by atoms with Crippen LogP contribution in [0.3, 0.4) is 0 Å². The molecular formula is C12H19F3N4OS. The highest BCUT2D eigenvalue weighted by molar-refractivity contribution is 7.09. The maximum atomic E-state index is 12.4. The van der Waals surface area contributed by atoms with Crippen LogP contribution in [0.25, 0.3) is 0 Å². The number of guanidine groups is 1. The van der Waals surface area contributed by atoms with Crippen molar-refractivity contribution in [2.75, 3.05) is 33.9 Å². The molecule has 0 fully saturated rings. The Bertz CT molecular complexity index is 448. The molecule has 5 nitrogen and oxygen atoms in total. The average Bonchev–Trinajstić information content (AvgIpc) is 2.90. The summed E-state index contributed by atoms with van der Waals surface area (Å²) >= 11 is 1.01. The number of nitrogens with one attached hydrogen (secondary N) is 2. The van der Waals surface area contributed by atoms with E-state index in [9.17, 15) is 13.2 Å². The molecule has 0 aliphatic heterocycles. The van der Waals surface area contributed by atoms with Crippen molar-refractivity contribution in [3.8, 4) is 0 Å². The minimum Gasteiger partial charge on any atom is -0.385 e. The van der Waals surface area contributed by atoms with Crippen LogP contribution in [0.1, 0.15) is 17.1 Å². The number of thiazole rings is 1. The first-order valence-corrected chi connectivity index (χ1v) is 7.30. The van der Waals surface area contributed by atoms with E-state index in [1.54, 1.807) is 14.2 Å². The fourth-order valence-electron chi connectivity index (χ4n) is 1.49. The molecule has 9 heteroatoms. The molecule has 0 saturated carbocycles. The molecule has 0 unspecified atom stereocenters. The molecule has 1 rings (SSSR count). The fraction of sp³-hybridized carbons (Fsp3) is 0.667. The van der Waals surface area contributed by atoms with Crippen molar-refractivity contribution in [2.45, 2.75) is 19.0 Å². The summed E-state index contributed by atoms with van der Waals surface area (Å²) in [7, 11) is 3.27. The molecule has 0 bridgehead atoms. The molecule has 0 radical (unpaired) electrons. The van der Waals surface area contributed by atoms with Gasteiger partial charge >= 0.3 is 6.18 Å². The number of aliphatic imine (C=N–C) groups is 1. The summed E-state index contributed by atoms with van der Waals surface area (Å²) in [6.07, 6.45) is -3.11. The first-order chi connectivity index (χ1) is 9.97. The van der Waals surface area contributed by atoms with Crippen molar-refractivity contribution >= 4 is 17.3 Å². The Labute approximate surface area is 125 Å². The van der Waals surface area contributed by atoms with Gasteiger partial charge in [0.1, 0.15) is 0 Å². The van der Waals surface area contributed by atoms with E-state index in [1.165, 1.54) is 0 Å². The van der Waals surface area contributed by atoms with Gasteiger partial charge in [0.2, 0.25) is 0 Å². The molecule has 1 aromatic heterocycles. The van der Waals surface area contributed by atoms with Crippen molar-refractivity contribution in [1.29, 1.82) is 0 Å². The average molecular weight is 324 g/mol. The van der Waals surface area contributed by atoms with Gasteiger partial charge in [-0.1, -0.05) is 0 Å². The van der Waals surface area contributed by atoms with Gasteiger partial charge in [-0.3, -0.25) is 4.99 Å². The summed E-state index contributed by atoms with van der Waals surface area (Å²) in [5, 5.41) is 7.59. The molecule has 0 aromatic carbocycles. The Hall–Kier alpha value is -1.35. The minimum absolute atomic E-state index is 0.416. The van der Waals surface area contributed by atoms with Gasteiger partial charge in [0.15, 0.2) is 11.7 Å². The van der Waals surface area contributed by atoms with E-state index in [2.05, 4.69) is 20.6 Å². The van der Waals surface area contributed by atoms with Crippen LogP contribution in [0.2, 0.25) is 0 Å². The van der Waals surface area contributed by atoms with Crippen molar-refractivity contribution < 1.29 is 17.9 Å². The fourth-order valence-corrected chi connectivity index (χ4v) is 2.29. The largest absolute Gasteiger partial charge is 0.434 e. The zero-order valence-corrected chi connectivity index (χ0v) is 12.8. The number of nitrogens with zero attached hydrogens (tertiary/aromatic N) is 2. The zero-order valence-electron chi connectivity index (χ0n) is 12.0. The lowest BCUT2D eigenvalue weighted by Gasteiger charge is -2.10. The van der Waals surface area contributed by atoms with Crippen molar-refractivity contribution in [2.24, 2.45) is 4.99 Å². The van der Waals surface area contributed by atoms with Crippen LogP contribution in [-0.4, -0.2) is 44.8 Å². The summed E-state index contributed by atoms with van der Waals surface area (Å²) in [5.41, 5.74) is -0.829. The molecule has 1 heterocycles. The highest BCUT2D eigenvalue weighted by Gasteiger charge is 2.33. The second-order valence-corrected chi connectivity index (χ2v) is 5.09. The first kappa shape index (κ1) is 17.7. The minimum atomic E-state index is -4.37. The molecule has 0 amide bonds. The lowest BCUT2D eigenvalue weighted by Crippen LogP contribution is -2.39. The summed E-state index contributed by atoms with van der Waals surface area (Å²) in [6, 6.07) is 0. The summed E-state index contributed by atoms with van der Waals surface area (Å²) < 4.78 is 42.1. The summed E-state index contributed by atoms with van der Waals surface area (Å²) in [6.45, 7) is 1.83. The Balaban J connectivity index is 2.30. The van der Waals surface area contributed by atoms with E-state index in [4.69, 9.17) is 4.74 Å². The van der Waals surface area contributed by atoms with Crippen LogP contribution < -0.4 is 10.6 Å². The number of hydrogen-bond acceptors (Lipinski definition) is 4. The van der Waals surface area contributed by atoms with Gasteiger partial charge in [-0.05, 0) is 6.42 Å². The molecule has 0 spiro atoms. The van der Waals surface area contributed by atoms with Gasteiger partial charge in [-0.2, -0.15) is 13.2 Å². The predicted molar refractivity (Wildman–Crippen MR) is 76.7 cm³/mol. The molecule has 2 N–H and O–H groups in total. The van der Waals surface area contributed by atoms with Crippen LogP contribution in [0.15, 0.2) is 10.4 Å². The van der Waals surface area contributed by atoms with Crippen molar-refractivity contribution in [1.82, 2.24) is 15.6 Å². The Morgan fingerprint density at radius 3 is 2.67 bits per heavy atom. The molecule has 120 valence electrons. The van der Waals surface area contributed by atoms with Crippen LogP contribution in [0, 0.1) is 0 Å². The molecule has 0 atom stereocenters. The molecule has 1 aromatic rings. The smallest absolute Gasteiger partial charge is 0.385 e. The molecule has 0 aliphatic carbocycles. The highest BCUT2D eigenvalue weighted by Crippen LogP contribution is 2.29. The number of aromatic nitrogens is 1. The van der Waals surface area contributed by atoms with E-state index in [0.29, 0.717) is 37.1 Å². The van der Waals surface area contributed by atoms with E-state index in [-0.39, 0.29) is 0 Å². The van der Waals surface area contributed by atoms with E-state index >= 15 is 0 Å². The SMILES string of the molecule is CN=C(NCCCOC)NCCc1nc(C(F)(F)F)cs1. The topological polar surface area (TPSA) is 58.5 Å². The van der Waals surface area contributed by atoms with Gasteiger partial charge < -0.3 is 15.4 Å². The standard InChI is InChI=1S/C12H19F3N4OS/c1-16-11(17-5-3-7-20-2)18-6-4-10-19-9(8-21-10)12(13,14)15/h8H,3-7H2,1-2H3,(H2,16,17,18). The second kappa shape index (κ2) is 8.83. The van der Waals surface area contributed by atoms with Gasteiger partial charge in [0, 0.05) is 45.7 Å². The van der Waals surface area contributed by atoms with Gasteiger partial charge in [-0.15, -0.1) is 11.3 Å². The third-order valence-electron chi connectivity index (χ3n) is 2.51. The summed E-state index contributed by atoms with van der Waals surface area (Å²) in [5.74, 6) is 0.610. The van der Waals surface area contributed by atoms with Crippen LogP contribution in [0.4, 0.5) is 13.2 Å². The van der Waals surface area contributed by atoms with Crippen LogP contribution in [-0.2, 0) is 17.3 Å². The van der Waals surface area contributed by atoms with E-state index in [1.807, 2.05) is 0 Å². The maximum Gasteiger partial charge on any atom is 0.434 e. The number of halogens is 3. The number of methoxy groups -OCH3 is 1. The van der Waals surface area contributed by atoms with Gasteiger partial charge in [0.25, 0.3) is 0 Å². The van der Waals surface area contributed by atoms with Crippen LogP contribution >= 0.6 is 11.3 Å². The molecule has 21 heavy (non-hydrogen) atoms. The highest BCUT2D eigenvalue weighted by atomic mass is 32.1. The lowest BCUT2D eigenvalue weighted by molar-refractivity contribution is -0.140. The molecule has 0 saturated heterocycles. The Morgan fingerprint density at radius 2 is 2.10 bits per heavy atom. The van der Waals surface area contributed by atoms with Crippen molar-refractivity contribution in [3.63, 3.8) is 0 Å². The zero-order chi connectivity index (χ0) is 15.7. The predicted octanol–water partition coefficient (Wildman–Crippen LogP) is 1.91. The normalized spacial score (nSPS) is 12.5. The Kier molecular flexibility index (Phi) is 7.44. The van der Waals surface area contributed by atoms with E-state index in [0.717, 1.165) is 23.1 Å². The summed E-state index contributed by atoms with van der Waals surface area (Å²) in [4.78, 5) is 7.59. The number of alkyl halides is 3.